The van der Waals surface area contributed by atoms with Crippen molar-refractivity contribution in [1.82, 2.24) is 14.7 Å². The van der Waals surface area contributed by atoms with E-state index in [-0.39, 0.29) is 36.0 Å². The third-order valence-electron chi connectivity index (χ3n) is 5.34. The number of carbonyl (C=O) groups is 1. The van der Waals surface area contributed by atoms with Crippen molar-refractivity contribution < 1.29 is 23.0 Å². The predicted molar refractivity (Wildman–Crippen MR) is 105 cm³/mol. The van der Waals surface area contributed by atoms with Crippen LogP contribution in [0.3, 0.4) is 0 Å². The van der Waals surface area contributed by atoms with Crippen molar-refractivity contribution in [1.29, 1.82) is 0 Å². The second-order valence-electron chi connectivity index (χ2n) is 7.50. The Kier molecular flexibility index (Phi) is 7.55. The fraction of sp³-hybridized carbons (Fsp3) is 0.619. The van der Waals surface area contributed by atoms with Gasteiger partial charge in [0.05, 0.1) is 24.0 Å². The van der Waals surface area contributed by atoms with E-state index in [1.165, 1.54) is 13.2 Å². The molecule has 1 amide bonds. The zero-order valence-electron chi connectivity index (χ0n) is 17.0. The van der Waals surface area contributed by atoms with Gasteiger partial charge in [0.15, 0.2) is 0 Å². The van der Waals surface area contributed by atoms with Gasteiger partial charge in [0.1, 0.15) is 11.3 Å². The van der Waals surface area contributed by atoms with Gasteiger partial charge in [-0.3, -0.25) is 4.79 Å². The molecule has 2 aromatic rings. The van der Waals surface area contributed by atoms with Gasteiger partial charge in [0.2, 0.25) is 0 Å². The molecule has 0 saturated heterocycles. The first-order valence-corrected chi connectivity index (χ1v) is 10.2. The first-order chi connectivity index (χ1) is 14.0. The number of hydrogen-bond donors (Lipinski definition) is 1. The largest absolute Gasteiger partial charge is 0.378 e. The van der Waals surface area contributed by atoms with Crippen molar-refractivity contribution in [3.8, 4) is 0 Å². The molecule has 0 radical (unpaired) electrons. The number of alkyl halides is 2. The SMILES string of the molecule is CCCCOC1CCC(NC(=O)c2ccn3c(COC)cc(C(F)F)nc23)CC1. The summed E-state index contributed by atoms with van der Waals surface area (Å²) >= 11 is 0. The molecule has 1 saturated carbocycles. The third kappa shape index (κ3) is 5.30. The molecule has 0 aromatic carbocycles. The smallest absolute Gasteiger partial charge is 0.280 e. The molecule has 2 heterocycles. The Bertz CT molecular complexity index is 817. The Hall–Kier alpha value is -2.06. The van der Waals surface area contributed by atoms with E-state index in [0.717, 1.165) is 45.1 Å². The average Bonchev–Trinajstić information content (AvgIpc) is 3.14. The topological polar surface area (TPSA) is 64.9 Å². The molecule has 3 rings (SSSR count). The van der Waals surface area contributed by atoms with E-state index in [0.29, 0.717) is 11.3 Å². The highest BCUT2D eigenvalue weighted by atomic mass is 19.3. The van der Waals surface area contributed by atoms with Gasteiger partial charge >= 0.3 is 0 Å². The number of amides is 1. The van der Waals surface area contributed by atoms with Gasteiger partial charge in [0, 0.05) is 26.0 Å². The van der Waals surface area contributed by atoms with Crippen molar-refractivity contribution in [2.45, 2.75) is 70.6 Å². The summed E-state index contributed by atoms with van der Waals surface area (Å²) in [6, 6.07) is 2.98. The molecule has 0 aliphatic heterocycles. The van der Waals surface area contributed by atoms with Crippen LogP contribution >= 0.6 is 0 Å². The van der Waals surface area contributed by atoms with E-state index in [1.54, 1.807) is 16.7 Å². The van der Waals surface area contributed by atoms with Gasteiger partial charge in [-0.2, -0.15) is 0 Å². The summed E-state index contributed by atoms with van der Waals surface area (Å²) in [6.45, 7) is 3.08. The highest BCUT2D eigenvalue weighted by Gasteiger charge is 2.25. The molecule has 6 nitrogen and oxygen atoms in total. The summed E-state index contributed by atoms with van der Waals surface area (Å²) in [5.41, 5.74) is 0.689. The van der Waals surface area contributed by atoms with E-state index in [9.17, 15) is 13.6 Å². The second kappa shape index (κ2) is 10.1. The normalized spacial score (nSPS) is 19.8. The quantitative estimate of drug-likeness (QED) is 0.628. The molecule has 1 aliphatic rings. The zero-order chi connectivity index (χ0) is 20.8. The molecule has 8 heteroatoms. The summed E-state index contributed by atoms with van der Waals surface area (Å²) in [6.07, 6.45) is 4.91. The Labute approximate surface area is 169 Å². The minimum Gasteiger partial charge on any atom is -0.378 e. The monoisotopic (exact) mass is 409 g/mol. The number of nitrogens with zero attached hydrogens (tertiary/aromatic N) is 2. The average molecular weight is 409 g/mol. The summed E-state index contributed by atoms with van der Waals surface area (Å²) in [5.74, 6) is -0.287. The maximum absolute atomic E-state index is 13.2. The number of aromatic nitrogens is 2. The van der Waals surface area contributed by atoms with Crippen LogP contribution in [0, 0.1) is 0 Å². The van der Waals surface area contributed by atoms with Crippen LogP contribution < -0.4 is 5.32 Å². The van der Waals surface area contributed by atoms with E-state index in [4.69, 9.17) is 9.47 Å². The lowest BCUT2D eigenvalue weighted by Crippen LogP contribution is -2.39. The van der Waals surface area contributed by atoms with Crippen LogP contribution in [0.4, 0.5) is 8.78 Å². The fourth-order valence-corrected chi connectivity index (χ4v) is 3.74. The van der Waals surface area contributed by atoms with Gasteiger partial charge in [-0.1, -0.05) is 13.3 Å². The van der Waals surface area contributed by atoms with Crippen molar-refractivity contribution in [3.63, 3.8) is 0 Å². The first-order valence-electron chi connectivity index (χ1n) is 10.2. The van der Waals surface area contributed by atoms with Gasteiger partial charge in [-0.05, 0) is 44.2 Å². The molecule has 29 heavy (non-hydrogen) atoms. The van der Waals surface area contributed by atoms with Crippen LogP contribution in [0.25, 0.3) is 5.65 Å². The predicted octanol–water partition coefficient (Wildman–Crippen LogP) is 4.28. The first kappa shape index (κ1) is 21.6. The van der Waals surface area contributed by atoms with E-state index < -0.39 is 6.43 Å². The van der Waals surface area contributed by atoms with Crippen LogP contribution in [0.15, 0.2) is 18.3 Å². The fourth-order valence-electron chi connectivity index (χ4n) is 3.74. The van der Waals surface area contributed by atoms with Crippen LogP contribution in [0.2, 0.25) is 0 Å². The van der Waals surface area contributed by atoms with Gasteiger partial charge in [0.25, 0.3) is 12.3 Å². The molecule has 1 fully saturated rings. The molecule has 0 atom stereocenters. The Morgan fingerprint density at radius 1 is 1.34 bits per heavy atom. The summed E-state index contributed by atoms with van der Waals surface area (Å²) in [4.78, 5) is 16.8. The molecule has 0 spiro atoms. The van der Waals surface area contributed by atoms with Gasteiger partial charge in [-0.25, -0.2) is 13.8 Å². The standard InChI is InChI=1S/C21H29F2N3O3/c1-3-4-11-29-16-7-5-14(6-8-16)24-21(27)17-9-10-26-15(13-28-2)12-18(19(22)23)25-20(17)26/h9-10,12,14,16,19H,3-8,11,13H2,1-2H3,(H,24,27). The molecule has 0 bridgehead atoms. The second-order valence-corrected chi connectivity index (χ2v) is 7.50. The highest BCUT2D eigenvalue weighted by Crippen LogP contribution is 2.24. The summed E-state index contributed by atoms with van der Waals surface area (Å²) in [7, 11) is 1.49. The van der Waals surface area contributed by atoms with Crippen molar-refractivity contribution in [2.24, 2.45) is 0 Å². The maximum Gasteiger partial charge on any atom is 0.280 e. The van der Waals surface area contributed by atoms with E-state index in [2.05, 4.69) is 17.2 Å². The summed E-state index contributed by atoms with van der Waals surface area (Å²) < 4.78 is 39.1. The number of nitrogens with one attached hydrogen (secondary N) is 1. The molecule has 1 N–H and O–H groups in total. The minimum absolute atomic E-state index is 0.0557. The molecule has 160 valence electrons. The summed E-state index contributed by atoms with van der Waals surface area (Å²) in [5, 5.41) is 3.03. The molecular formula is C21H29F2N3O3. The number of methoxy groups -OCH3 is 1. The molecular weight excluding hydrogens is 380 g/mol. The van der Waals surface area contributed by atoms with Crippen LogP contribution in [0.1, 0.15) is 73.6 Å². The maximum atomic E-state index is 13.2. The van der Waals surface area contributed by atoms with Crippen LogP contribution in [-0.2, 0) is 16.1 Å². The Balaban J connectivity index is 1.68. The molecule has 0 unspecified atom stereocenters. The highest BCUT2D eigenvalue weighted by molar-refractivity contribution is 6.00. The van der Waals surface area contributed by atoms with Crippen LogP contribution in [0.5, 0.6) is 0 Å². The number of halogens is 2. The zero-order valence-corrected chi connectivity index (χ0v) is 17.0. The third-order valence-corrected chi connectivity index (χ3v) is 5.34. The number of fused-ring (bicyclic) bond motifs is 1. The lowest BCUT2D eigenvalue weighted by molar-refractivity contribution is 0.0209. The van der Waals surface area contributed by atoms with E-state index >= 15 is 0 Å². The van der Waals surface area contributed by atoms with E-state index in [1.807, 2.05) is 0 Å². The Morgan fingerprint density at radius 2 is 2.10 bits per heavy atom. The van der Waals surface area contributed by atoms with Crippen molar-refractivity contribution in [2.75, 3.05) is 13.7 Å². The van der Waals surface area contributed by atoms with Gasteiger partial charge in [-0.15, -0.1) is 0 Å². The minimum atomic E-state index is -2.72. The Morgan fingerprint density at radius 3 is 2.76 bits per heavy atom. The van der Waals surface area contributed by atoms with Crippen molar-refractivity contribution in [3.05, 3.63) is 35.3 Å². The number of carbonyl (C=O) groups excluding carboxylic acids is 1. The van der Waals surface area contributed by atoms with Gasteiger partial charge < -0.3 is 19.2 Å². The number of rotatable bonds is 9. The number of ether oxygens (including phenoxy) is 2. The number of hydrogen-bond acceptors (Lipinski definition) is 4. The molecule has 1 aliphatic carbocycles. The lowest BCUT2D eigenvalue weighted by atomic mass is 9.92. The van der Waals surface area contributed by atoms with Crippen LogP contribution in [-0.4, -0.2) is 41.2 Å². The lowest BCUT2D eigenvalue weighted by Gasteiger charge is -2.29. The molecule has 2 aromatic heterocycles. The number of unbranched alkanes of at least 4 members (excludes halogenated alkanes) is 1. The van der Waals surface area contributed by atoms with Crippen molar-refractivity contribution >= 4 is 11.6 Å².